The first-order chi connectivity index (χ1) is 8.98. The van der Waals surface area contributed by atoms with Crippen molar-refractivity contribution in [3.05, 3.63) is 24.0 Å². The summed E-state index contributed by atoms with van der Waals surface area (Å²) in [5, 5.41) is 9.29. The molecule has 1 aliphatic rings. The van der Waals surface area contributed by atoms with Gasteiger partial charge in [-0.15, -0.1) is 0 Å². The molecule has 1 unspecified atom stereocenters. The van der Waals surface area contributed by atoms with Crippen LogP contribution in [0.1, 0.15) is 37.2 Å². The molecule has 104 valence electrons. The number of amides is 1. The van der Waals surface area contributed by atoms with Gasteiger partial charge in [-0.3, -0.25) is 9.59 Å². The zero-order valence-corrected chi connectivity index (χ0v) is 11.4. The molecule has 0 spiro atoms. The Balaban J connectivity index is 2.18. The number of carbonyl (C=O) groups is 2. The second-order valence-electron chi connectivity index (χ2n) is 5.38. The molecule has 2 heterocycles. The molecule has 0 saturated carbocycles. The molecule has 1 saturated heterocycles. The van der Waals surface area contributed by atoms with Gasteiger partial charge in [-0.05, 0) is 38.8 Å². The van der Waals surface area contributed by atoms with E-state index < -0.39 is 11.4 Å². The molecule has 1 fully saturated rings. The Bertz CT molecular complexity index is 495. The van der Waals surface area contributed by atoms with Crippen LogP contribution in [-0.4, -0.2) is 39.5 Å². The molecule has 0 aliphatic carbocycles. The van der Waals surface area contributed by atoms with E-state index in [9.17, 15) is 14.7 Å². The summed E-state index contributed by atoms with van der Waals surface area (Å²) in [6.07, 6.45) is 3.23. The molecule has 1 atom stereocenters. The number of aryl methyl sites for hydroxylation is 1. The maximum absolute atomic E-state index is 12.5. The lowest BCUT2D eigenvalue weighted by molar-refractivity contribution is -0.150. The fourth-order valence-electron chi connectivity index (χ4n) is 2.63. The van der Waals surface area contributed by atoms with Crippen molar-refractivity contribution in [3.63, 3.8) is 0 Å². The van der Waals surface area contributed by atoms with Gasteiger partial charge in [0.1, 0.15) is 5.69 Å². The number of hydrogen-bond acceptors (Lipinski definition) is 2. The molecule has 0 bridgehead atoms. The number of aromatic nitrogens is 1. The molecule has 5 heteroatoms. The van der Waals surface area contributed by atoms with Crippen LogP contribution in [0.2, 0.25) is 0 Å². The maximum Gasteiger partial charge on any atom is 0.311 e. The van der Waals surface area contributed by atoms with E-state index in [1.54, 1.807) is 17.9 Å². The first-order valence-corrected chi connectivity index (χ1v) is 6.66. The van der Waals surface area contributed by atoms with Crippen molar-refractivity contribution in [1.29, 1.82) is 0 Å². The van der Waals surface area contributed by atoms with E-state index in [1.165, 1.54) is 0 Å². The Morgan fingerprint density at radius 3 is 2.84 bits per heavy atom. The van der Waals surface area contributed by atoms with Gasteiger partial charge in [0.15, 0.2) is 0 Å². The lowest BCUT2D eigenvalue weighted by Crippen LogP contribution is -2.48. The van der Waals surface area contributed by atoms with E-state index >= 15 is 0 Å². The summed E-state index contributed by atoms with van der Waals surface area (Å²) in [7, 11) is 0. The first-order valence-electron chi connectivity index (χ1n) is 6.66. The lowest BCUT2D eigenvalue weighted by Gasteiger charge is -2.37. The van der Waals surface area contributed by atoms with Crippen molar-refractivity contribution in [3.8, 4) is 0 Å². The van der Waals surface area contributed by atoms with Crippen LogP contribution in [0.25, 0.3) is 0 Å². The van der Waals surface area contributed by atoms with Gasteiger partial charge in [-0.25, -0.2) is 0 Å². The minimum absolute atomic E-state index is 0.0703. The Morgan fingerprint density at radius 2 is 2.21 bits per heavy atom. The molecule has 2 rings (SSSR count). The molecule has 1 N–H and O–H groups in total. The normalized spacial score (nSPS) is 23.4. The number of aliphatic carboxylic acids is 1. The molecular weight excluding hydrogens is 244 g/mol. The third-order valence-corrected chi connectivity index (χ3v) is 3.89. The Kier molecular flexibility index (Phi) is 3.64. The van der Waals surface area contributed by atoms with Crippen LogP contribution in [-0.2, 0) is 11.3 Å². The fraction of sp³-hybridized carbons (Fsp3) is 0.571. The summed E-state index contributed by atoms with van der Waals surface area (Å²) in [6, 6.07) is 3.63. The van der Waals surface area contributed by atoms with Crippen molar-refractivity contribution in [1.82, 2.24) is 9.47 Å². The fourth-order valence-corrected chi connectivity index (χ4v) is 2.63. The summed E-state index contributed by atoms with van der Waals surface area (Å²) in [5.41, 5.74) is -0.186. The number of likely N-dealkylation sites (tertiary alicyclic amines) is 1. The Hall–Kier alpha value is -1.78. The number of piperidine rings is 1. The second kappa shape index (κ2) is 5.07. The molecule has 19 heavy (non-hydrogen) atoms. The summed E-state index contributed by atoms with van der Waals surface area (Å²) < 4.78 is 1.88. The Labute approximate surface area is 112 Å². The quantitative estimate of drug-likeness (QED) is 0.906. The van der Waals surface area contributed by atoms with Crippen molar-refractivity contribution in [2.75, 3.05) is 13.1 Å². The topological polar surface area (TPSA) is 62.5 Å². The van der Waals surface area contributed by atoms with Crippen LogP contribution in [0, 0.1) is 5.41 Å². The molecule has 0 radical (unpaired) electrons. The first kappa shape index (κ1) is 13.6. The zero-order valence-electron chi connectivity index (χ0n) is 11.4. The molecule has 5 nitrogen and oxygen atoms in total. The van der Waals surface area contributed by atoms with Gasteiger partial charge >= 0.3 is 5.97 Å². The molecule has 0 aromatic carbocycles. The predicted octanol–water partition coefficient (Wildman–Crippen LogP) is 1.83. The minimum Gasteiger partial charge on any atom is -0.481 e. The van der Waals surface area contributed by atoms with E-state index in [0.29, 0.717) is 18.7 Å². The van der Waals surface area contributed by atoms with E-state index in [4.69, 9.17) is 0 Å². The highest BCUT2D eigenvalue weighted by molar-refractivity contribution is 5.93. The van der Waals surface area contributed by atoms with Gasteiger partial charge in [-0.2, -0.15) is 0 Å². The Morgan fingerprint density at radius 1 is 1.47 bits per heavy atom. The van der Waals surface area contributed by atoms with E-state index in [0.717, 1.165) is 13.0 Å². The highest BCUT2D eigenvalue weighted by Gasteiger charge is 2.39. The van der Waals surface area contributed by atoms with Gasteiger partial charge in [0, 0.05) is 25.8 Å². The standard InChI is InChI=1S/C14H20N2O3/c1-3-15-8-4-6-11(15)12(17)16-9-5-7-14(2,10-16)13(18)19/h4,6,8H,3,5,7,9-10H2,1-2H3,(H,18,19). The van der Waals surface area contributed by atoms with Gasteiger partial charge in [0.05, 0.1) is 5.41 Å². The molecule has 1 aromatic heterocycles. The van der Waals surface area contributed by atoms with E-state index in [2.05, 4.69) is 0 Å². The zero-order chi connectivity index (χ0) is 14.0. The summed E-state index contributed by atoms with van der Waals surface area (Å²) in [6.45, 7) is 5.35. The largest absolute Gasteiger partial charge is 0.481 e. The van der Waals surface area contributed by atoms with Crippen molar-refractivity contribution >= 4 is 11.9 Å². The molecule has 1 aliphatic heterocycles. The van der Waals surface area contributed by atoms with Crippen LogP contribution in [0.3, 0.4) is 0 Å². The van der Waals surface area contributed by atoms with Crippen molar-refractivity contribution in [2.45, 2.75) is 33.2 Å². The van der Waals surface area contributed by atoms with Crippen LogP contribution < -0.4 is 0 Å². The number of carboxylic acid groups (broad SMARTS) is 1. The van der Waals surface area contributed by atoms with Gasteiger partial charge in [-0.1, -0.05) is 0 Å². The van der Waals surface area contributed by atoms with Gasteiger partial charge < -0.3 is 14.6 Å². The smallest absolute Gasteiger partial charge is 0.311 e. The number of carboxylic acids is 1. The monoisotopic (exact) mass is 264 g/mol. The molecular formula is C14H20N2O3. The van der Waals surface area contributed by atoms with Crippen LogP contribution >= 0.6 is 0 Å². The minimum atomic E-state index is -0.823. The summed E-state index contributed by atoms with van der Waals surface area (Å²) in [5.74, 6) is -0.894. The average molecular weight is 264 g/mol. The van der Waals surface area contributed by atoms with Crippen molar-refractivity contribution in [2.24, 2.45) is 5.41 Å². The highest BCUT2D eigenvalue weighted by Crippen LogP contribution is 2.30. The van der Waals surface area contributed by atoms with E-state index in [-0.39, 0.29) is 12.5 Å². The second-order valence-corrected chi connectivity index (χ2v) is 5.38. The highest BCUT2D eigenvalue weighted by atomic mass is 16.4. The van der Waals surface area contributed by atoms with Gasteiger partial charge in [0.25, 0.3) is 5.91 Å². The third kappa shape index (κ3) is 2.50. The number of rotatable bonds is 3. The van der Waals surface area contributed by atoms with Crippen LogP contribution in [0.4, 0.5) is 0 Å². The summed E-state index contributed by atoms with van der Waals surface area (Å²) in [4.78, 5) is 25.4. The number of hydrogen-bond donors (Lipinski definition) is 1. The summed E-state index contributed by atoms with van der Waals surface area (Å²) >= 11 is 0. The average Bonchev–Trinajstić information content (AvgIpc) is 2.86. The molecule has 1 amide bonds. The number of nitrogens with zero attached hydrogens (tertiary/aromatic N) is 2. The number of carbonyl (C=O) groups excluding carboxylic acids is 1. The van der Waals surface area contributed by atoms with Gasteiger partial charge in [0.2, 0.25) is 0 Å². The van der Waals surface area contributed by atoms with Crippen LogP contribution in [0.5, 0.6) is 0 Å². The third-order valence-electron chi connectivity index (χ3n) is 3.89. The van der Waals surface area contributed by atoms with Crippen molar-refractivity contribution < 1.29 is 14.7 Å². The van der Waals surface area contributed by atoms with E-state index in [1.807, 2.05) is 23.8 Å². The SMILES string of the molecule is CCn1cccc1C(=O)N1CCCC(C)(C(=O)O)C1. The maximum atomic E-state index is 12.5. The predicted molar refractivity (Wildman–Crippen MR) is 71.0 cm³/mol. The van der Waals surface area contributed by atoms with Crippen LogP contribution in [0.15, 0.2) is 18.3 Å². The molecule has 1 aromatic rings. The lowest BCUT2D eigenvalue weighted by atomic mass is 9.82.